The van der Waals surface area contributed by atoms with E-state index in [0.29, 0.717) is 28.1 Å². The van der Waals surface area contributed by atoms with Gasteiger partial charge in [-0.05, 0) is 43.2 Å². The Kier molecular flexibility index (Phi) is 5.84. The third-order valence-electron chi connectivity index (χ3n) is 6.04. The smallest absolute Gasteiger partial charge is 0.337 e. The van der Waals surface area contributed by atoms with E-state index in [1.807, 2.05) is 36.4 Å². The molecule has 0 N–H and O–H groups in total. The molecule has 6 nitrogen and oxygen atoms in total. The molecule has 2 fully saturated rings. The first-order valence-electron chi connectivity index (χ1n) is 10.6. The van der Waals surface area contributed by atoms with E-state index in [1.54, 1.807) is 6.07 Å². The summed E-state index contributed by atoms with van der Waals surface area (Å²) < 4.78 is 10.7. The summed E-state index contributed by atoms with van der Waals surface area (Å²) in [5.74, 6) is 1.03. The van der Waals surface area contributed by atoms with Gasteiger partial charge < -0.3 is 14.2 Å². The van der Waals surface area contributed by atoms with Crippen LogP contribution in [-0.4, -0.2) is 42.9 Å². The minimum atomic E-state index is -0.331. The fourth-order valence-electron chi connectivity index (χ4n) is 4.22. The Morgan fingerprint density at radius 3 is 2.62 bits per heavy atom. The monoisotopic (exact) mass is 471 g/mol. The average Bonchev–Trinajstić information content (AvgIpc) is 3.40. The standard InChI is InChI=1S/C24H23Cl2N3O3/c1-31-24(30)16-4-2-5-17(12-16)29-11-10-28(14-29)13-18-22(27-32-23(18)15-8-9-15)21-19(25)6-3-7-20(21)26/h2-7,12,15H,8-11,13-14H2,1H3. The van der Waals surface area contributed by atoms with Crippen molar-refractivity contribution in [3.05, 3.63) is 69.4 Å². The van der Waals surface area contributed by atoms with Crippen molar-refractivity contribution in [1.82, 2.24) is 10.1 Å². The molecule has 1 saturated heterocycles. The summed E-state index contributed by atoms with van der Waals surface area (Å²) in [5.41, 5.74) is 4.07. The molecule has 2 aliphatic rings. The van der Waals surface area contributed by atoms with Crippen LogP contribution in [0.15, 0.2) is 47.0 Å². The van der Waals surface area contributed by atoms with Gasteiger partial charge >= 0.3 is 5.97 Å². The van der Waals surface area contributed by atoms with Crippen LogP contribution in [0, 0.1) is 0 Å². The van der Waals surface area contributed by atoms with Gasteiger partial charge in [-0.15, -0.1) is 0 Å². The van der Waals surface area contributed by atoms with Gasteiger partial charge in [0.1, 0.15) is 11.5 Å². The molecule has 1 saturated carbocycles. The molecule has 0 bridgehead atoms. The van der Waals surface area contributed by atoms with Crippen LogP contribution < -0.4 is 4.90 Å². The van der Waals surface area contributed by atoms with Crippen molar-refractivity contribution < 1.29 is 14.1 Å². The van der Waals surface area contributed by atoms with Gasteiger partial charge in [-0.1, -0.05) is 40.5 Å². The Morgan fingerprint density at radius 1 is 1.16 bits per heavy atom. The van der Waals surface area contributed by atoms with E-state index in [0.717, 1.165) is 60.9 Å². The summed E-state index contributed by atoms with van der Waals surface area (Å²) in [4.78, 5) is 16.5. The number of nitrogens with zero attached hydrogens (tertiary/aromatic N) is 3. The van der Waals surface area contributed by atoms with Crippen LogP contribution in [0.5, 0.6) is 0 Å². The highest BCUT2D eigenvalue weighted by Gasteiger charge is 2.35. The Labute approximate surface area is 196 Å². The third-order valence-corrected chi connectivity index (χ3v) is 6.67. The van der Waals surface area contributed by atoms with Crippen molar-refractivity contribution in [3.63, 3.8) is 0 Å². The van der Waals surface area contributed by atoms with Crippen molar-refractivity contribution in [3.8, 4) is 11.3 Å². The van der Waals surface area contributed by atoms with Gasteiger partial charge in [0.15, 0.2) is 0 Å². The van der Waals surface area contributed by atoms with Crippen LogP contribution in [0.25, 0.3) is 11.3 Å². The first-order chi connectivity index (χ1) is 15.5. The second kappa shape index (κ2) is 8.77. The number of ether oxygens (including phenoxy) is 1. The average molecular weight is 472 g/mol. The number of rotatable bonds is 6. The zero-order valence-electron chi connectivity index (χ0n) is 17.7. The molecule has 3 aromatic rings. The van der Waals surface area contributed by atoms with Gasteiger partial charge in [0.05, 0.1) is 29.4 Å². The lowest BCUT2D eigenvalue weighted by Crippen LogP contribution is -2.25. The lowest BCUT2D eigenvalue weighted by molar-refractivity contribution is 0.0601. The van der Waals surface area contributed by atoms with Gasteiger partial charge in [-0.2, -0.15) is 0 Å². The van der Waals surface area contributed by atoms with E-state index < -0.39 is 0 Å². The molecule has 2 heterocycles. The quantitative estimate of drug-likeness (QED) is 0.436. The molecule has 32 heavy (non-hydrogen) atoms. The lowest BCUT2D eigenvalue weighted by atomic mass is 10.0. The Bertz CT molecular complexity index is 1140. The second-order valence-corrected chi connectivity index (χ2v) is 9.06. The predicted octanol–water partition coefficient (Wildman–Crippen LogP) is 5.59. The molecule has 1 aliphatic heterocycles. The van der Waals surface area contributed by atoms with Crippen molar-refractivity contribution >= 4 is 34.9 Å². The summed E-state index contributed by atoms with van der Waals surface area (Å²) in [7, 11) is 1.39. The number of benzene rings is 2. The minimum absolute atomic E-state index is 0.331. The fraction of sp³-hybridized carbons (Fsp3) is 0.333. The zero-order chi connectivity index (χ0) is 22.2. The number of hydrogen-bond acceptors (Lipinski definition) is 6. The molecule has 2 aromatic carbocycles. The molecule has 166 valence electrons. The van der Waals surface area contributed by atoms with E-state index in [-0.39, 0.29) is 5.97 Å². The largest absolute Gasteiger partial charge is 0.465 e. The lowest BCUT2D eigenvalue weighted by Gasteiger charge is -2.20. The fourth-order valence-corrected chi connectivity index (χ4v) is 4.79. The minimum Gasteiger partial charge on any atom is -0.465 e. The highest BCUT2D eigenvalue weighted by Crippen LogP contribution is 2.46. The van der Waals surface area contributed by atoms with Crippen LogP contribution >= 0.6 is 23.2 Å². The molecule has 0 unspecified atom stereocenters. The molecule has 8 heteroatoms. The zero-order valence-corrected chi connectivity index (χ0v) is 19.2. The molecule has 1 aromatic heterocycles. The van der Waals surface area contributed by atoms with Gasteiger partial charge in [0.25, 0.3) is 0 Å². The molecule has 0 spiro atoms. The number of carbonyl (C=O) groups is 1. The van der Waals surface area contributed by atoms with Crippen molar-refractivity contribution in [2.75, 3.05) is 31.8 Å². The highest BCUT2D eigenvalue weighted by molar-refractivity contribution is 6.39. The Hall–Kier alpha value is -2.54. The summed E-state index contributed by atoms with van der Waals surface area (Å²) >= 11 is 13.0. The first-order valence-corrected chi connectivity index (χ1v) is 11.4. The summed E-state index contributed by atoms with van der Waals surface area (Å²) in [6.07, 6.45) is 2.23. The second-order valence-electron chi connectivity index (χ2n) is 8.24. The van der Waals surface area contributed by atoms with E-state index in [9.17, 15) is 4.79 Å². The number of hydrogen-bond donors (Lipinski definition) is 0. The van der Waals surface area contributed by atoms with E-state index in [4.69, 9.17) is 32.5 Å². The van der Waals surface area contributed by atoms with Crippen LogP contribution in [0.1, 0.15) is 40.4 Å². The van der Waals surface area contributed by atoms with Gasteiger partial charge in [-0.25, -0.2) is 4.79 Å². The van der Waals surface area contributed by atoms with E-state index >= 15 is 0 Å². The van der Waals surface area contributed by atoms with Crippen LogP contribution in [0.2, 0.25) is 10.0 Å². The first kappa shape index (κ1) is 21.3. The molecule has 1 aliphatic carbocycles. The maximum Gasteiger partial charge on any atom is 0.337 e. The van der Waals surface area contributed by atoms with Crippen molar-refractivity contribution in [1.29, 1.82) is 0 Å². The van der Waals surface area contributed by atoms with Crippen LogP contribution in [0.3, 0.4) is 0 Å². The number of methoxy groups -OCH3 is 1. The maximum atomic E-state index is 11.9. The normalized spacial score (nSPS) is 16.5. The van der Waals surface area contributed by atoms with Gasteiger partial charge in [0.2, 0.25) is 0 Å². The Balaban J connectivity index is 1.40. The molecule has 0 amide bonds. The van der Waals surface area contributed by atoms with Crippen molar-refractivity contribution in [2.24, 2.45) is 0 Å². The third kappa shape index (κ3) is 4.10. The van der Waals surface area contributed by atoms with Gasteiger partial charge in [-0.3, -0.25) is 4.90 Å². The Morgan fingerprint density at radius 2 is 1.91 bits per heavy atom. The number of carbonyl (C=O) groups excluding carboxylic acids is 1. The molecular weight excluding hydrogens is 449 g/mol. The number of esters is 1. The summed E-state index contributed by atoms with van der Waals surface area (Å²) in [5, 5.41) is 5.53. The van der Waals surface area contributed by atoms with Crippen molar-refractivity contribution in [2.45, 2.75) is 25.3 Å². The molecular formula is C24H23Cl2N3O3. The molecule has 0 atom stereocenters. The van der Waals surface area contributed by atoms with E-state index in [2.05, 4.69) is 15.0 Å². The highest BCUT2D eigenvalue weighted by atomic mass is 35.5. The summed E-state index contributed by atoms with van der Waals surface area (Å²) in [6.45, 7) is 3.17. The number of anilines is 1. The molecule has 5 rings (SSSR count). The molecule has 0 radical (unpaired) electrons. The van der Waals surface area contributed by atoms with Crippen LogP contribution in [0.4, 0.5) is 5.69 Å². The number of halogens is 2. The van der Waals surface area contributed by atoms with E-state index in [1.165, 1.54) is 7.11 Å². The van der Waals surface area contributed by atoms with Gasteiger partial charge in [0, 0.05) is 42.4 Å². The summed E-state index contributed by atoms with van der Waals surface area (Å²) in [6, 6.07) is 13.0. The topological polar surface area (TPSA) is 58.8 Å². The predicted molar refractivity (Wildman–Crippen MR) is 124 cm³/mol. The maximum absolute atomic E-state index is 11.9. The SMILES string of the molecule is COC(=O)c1cccc(N2CCN(Cc3c(-c4c(Cl)cccc4Cl)noc3C3CC3)C2)c1. The van der Waals surface area contributed by atoms with Crippen LogP contribution in [-0.2, 0) is 11.3 Å². The number of aromatic nitrogens is 1.